The van der Waals surface area contributed by atoms with E-state index in [0.29, 0.717) is 0 Å². The Kier molecular flexibility index (Phi) is 3.62. The number of hydrogen-bond donors (Lipinski definition) is 1. The van der Waals surface area contributed by atoms with Gasteiger partial charge in [0, 0.05) is 0 Å². The van der Waals surface area contributed by atoms with Crippen molar-refractivity contribution in [3.05, 3.63) is 29.8 Å². The van der Waals surface area contributed by atoms with E-state index in [1.165, 1.54) is 31.4 Å². The number of ether oxygens (including phenoxy) is 1. The molecule has 2 nitrogen and oxygen atoms in total. The second kappa shape index (κ2) is 5.17. The standard InChI is InChI=1S/C13H19NO/c1-15-13-6-2-4-11(9-13)8-12-5-3-7-14-10-12/h2,4,6,9,12,14H,3,5,7-8,10H2,1H3/t12-/m0/s1. The van der Waals surface area contributed by atoms with Crippen LogP contribution in [0, 0.1) is 5.92 Å². The Morgan fingerprint density at radius 1 is 1.47 bits per heavy atom. The molecule has 0 bridgehead atoms. The van der Waals surface area contributed by atoms with Crippen molar-refractivity contribution < 1.29 is 4.74 Å². The Morgan fingerprint density at radius 2 is 2.40 bits per heavy atom. The summed E-state index contributed by atoms with van der Waals surface area (Å²) >= 11 is 0. The molecule has 2 heteroatoms. The van der Waals surface area contributed by atoms with Crippen LogP contribution < -0.4 is 10.1 Å². The number of hydrogen-bond acceptors (Lipinski definition) is 2. The lowest BCUT2D eigenvalue weighted by Crippen LogP contribution is -2.30. The van der Waals surface area contributed by atoms with Crippen LogP contribution in [0.3, 0.4) is 0 Å². The van der Waals surface area contributed by atoms with Gasteiger partial charge in [0.2, 0.25) is 0 Å². The van der Waals surface area contributed by atoms with Crippen LogP contribution >= 0.6 is 0 Å². The summed E-state index contributed by atoms with van der Waals surface area (Å²) in [6.45, 7) is 2.35. The van der Waals surface area contributed by atoms with Crippen molar-refractivity contribution in [1.82, 2.24) is 5.32 Å². The fraction of sp³-hybridized carbons (Fsp3) is 0.538. The van der Waals surface area contributed by atoms with Gasteiger partial charge < -0.3 is 10.1 Å². The van der Waals surface area contributed by atoms with Crippen LogP contribution in [-0.2, 0) is 6.42 Å². The highest BCUT2D eigenvalue weighted by Crippen LogP contribution is 2.19. The second-order valence-corrected chi connectivity index (χ2v) is 4.27. The van der Waals surface area contributed by atoms with Crippen LogP contribution in [0.5, 0.6) is 5.75 Å². The molecule has 1 aromatic carbocycles. The predicted molar refractivity (Wildman–Crippen MR) is 62.3 cm³/mol. The summed E-state index contributed by atoms with van der Waals surface area (Å²) in [7, 11) is 1.72. The lowest BCUT2D eigenvalue weighted by atomic mass is 9.92. The maximum atomic E-state index is 5.23. The third kappa shape index (κ3) is 2.96. The fourth-order valence-electron chi connectivity index (χ4n) is 2.23. The average molecular weight is 205 g/mol. The molecule has 0 aliphatic carbocycles. The molecular formula is C13H19NO. The third-order valence-corrected chi connectivity index (χ3v) is 3.06. The highest BCUT2D eigenvalue weighted by atomic mass is 16.5. The SMILES string of the molecule is COc1cccc(C[C@@H]2CCCNC2)c1. The van der Waals surface area contributed by atoms with Crippen molar-refractivity contribution in [3.8, 4) is 5.75 Å². The van der Waals surface area contributed by atoms with E-state index in [1.807, 2.05) is 6.07 Å². The normalized spacial score (nSPS) is 21.3. The molecule has 0 amide bonds. The van der Waals surface area contributed by atoms with E-state index in [4.69, 9.17) is 4.74 Å². The van der Waals surface area contributed by atoms with Crippen LogP contribution in [0.4, 0.5) is 0 Å². The van der Waals surface area contributed by atoms with Gasteiger partial charge >= 0.3 is 0 Å². The van der Waals surface area contributed by atoms with E-state index >= 15 is 0 Å². The quantitative estimate of drug-likeness (QED) is 0.817. The van der Waals surface area contributed by atoms with Crippen molar-refractivity contribution >= 4 is 0 Å². The minimum absolute atomic E-state index is 0.797. The third-order valence-electron chi connectivity index (χ3n) is 3.06. The summed E-state index contributed by atoms with van der Waals surface area (Å²) in [5.74, 6) is 1.77. The van der Waals surface area contributed by atoms with Crippen molar-refractivity contribution in [3.63, 3.8) is 0 Å². The minimum atomic E-state index is 0.797. The van der Waals surface area contributed by atoms with Crippen molar-refractivity contribution in [2.75, 3.05) is 20.2 Å². The van der Waals surface area contributed by atoms with Gasteiger partial charge in [0.05, 0.1) is 7.11 Å². The molecule has 1 fully saturated rings. The van der Waals surface area contributed by atoms with E-state index in [2.05, 4.69) is 23.5 Å². The van der Waals surface area contributed by atoms with Gasteiger partial charge in [-0.05, 0) is 56.0 Å². The summed E-state index contributed by atoms with van der Waals surface area (Å²) in [4.78, 5) is 0. The van der Waals surface area contributed by atoms with Gasteiger partial charge in [0.25, 0.3) is 0 Å². The molecule has 1 aromatic rings. The van der Waals surface area contributed by atoms with Crippen LogP contribution in [-0.4, -0.2) is 20.2 Å². The van der Waals surface area contributed by atoms with Gasteiger partial charge in [-0.2, -0.15) is 0 Å². The predicted octanol–water partition coefficient (Wildman–Crippen LogP) is 2.24. The van der Waals surface area contributed by atoms with Crippen LogP contribution in [0.15, 0.2) is 24.3 Å². The molecule has 1 heterocycles. The van der Waals surface area contributed by atoms with Gasteiger partial charge in [-0.25, -0.2) is 0 Å². The van der Waals surface area contributed by atoms with Crippen LogP contribution in [0.2, 0.25) is 0 Å². The lowest BCUT2D eigenvalue weighted by molar-refractivity contribution is 0.374. The van der Waals surface area contributed by atoms with Gasteiger partial charge in [0.1, 0.15) is 5.75 Å². The number of benzene rings is 1. The molecule has 15 heavy (non-hydrogen) atoms. The molecule has 0 spiro atoms. The number of methoxy groups -OCH3 is 1. The summed E-state index contributed by atoms with van der Waals surface area (Å²) in [5, 5.41) is 3.45. The average Bonchev–Trinajstić information content (AvgIpc) is 2.31. The number of piperidine rings is 1. The largest absolute Gasteiger partial charge is 0.497 e. The smallest absolute Gasteiger partial charge is 0.119 e. The zero-order valence-corrected chi connectivity index (χ0v) is 9.33. The Morgan fingerprint density at radius 3 is 3.13 bits per heavy atom. The van der Waals surface area contributed by atoms with Crippen molar-refractivity contribution in [2.45, 2.75) is 19.3 Å². The summed E-state index contributed by atoms with van der Waals surface area (Å²) in [6, 6.07) is 8.42. The Labute approximate surface area is 91.6 Å². The topological polar surface area (TPSA) is 21.3 Å². The van der Waals surface area contributed by atoms with Gasteiger partial charge in [0.15, 0.2) is 0 Å². The molecule has 82 valence electrons. The van der Waals surface area contributed by atoms with E-state index in [-0.39, 0.29) is 0 Å². The van der Waals surface area contributed by atoms with Gasteiger partial charge in [-0.1, -0.05) is 12.1 Å². The Balaban J connectivity index is 1.96. The second-order valence-electron chi connectivity index (χ2n) is 4.27. The van der Waals surface area contributed by atoms with E-state index < -0.39 is 0 Å². The van der Waals surface area contributed by atoms with Crippen LogP contribution in [0.1, 0.15) is 18.4 Å². The molecular weight excluding hydrogens is 186 g/mol. The Bertz CT molecular complexity index is 305. The first-order valence-corrected chi connectivity index (χ1v) is 5.72. The maximum absolute atomic E-state index is 5.23. The Hall–Kier alpha value is -1.02. The minimum Gasteiger partial charge on any atom is -0.497 e. The van der Waals surface area contributed by atoms with Crippen molar-refractivity contribution in [1.29, 1.82) is 0 Å². The summed E-state index contributed by atoms with van der Waals surface area (Å²) in [6.07, 6.45) is 3.84. The molecule has 1 aliphatic heterocycles. The first-order chi connectivity index (χ1) is 7.38. The molecule has 0 radical (unpaired) electrons. The number of rotatable bonds is 3. The molecule has 0 unspecified atom stereocenters. The monoisotopic (exact) mass is 205 g/mol. The number of nitrogens with one attached hydrogen (secondary N) is 1. The van der Waals surface area contributed by atoms with Crippen LogP contribution in [0.25, 0.3) is 0 Å². The molecule has 1 atom stereocenters. The zero-order valence-electron chi connectivity index (χ0n) is 9.33. The lowest BCUT2D eigenvalue weighted by Gasteiger charge is -2.22. The maximum Gasteiger partial charge on any atom is 0.119 e. The van der Waals surface area contributed by atoms with E-state index in [0.717, 1.165) is 18.2 Å². The van der Waals surface area contributed by atoms with Crippen molar-refractivity contribution in [2.24, 2.45) is 5.92 Å². The first kappa shape index (κ1) is 10.5. The first-order valence-electron chi connectivity index (χ1n) is 5.72. The highest BCUT2D eigenvalue weighted by molar-refractivity contribution is 5.28. The highest BCUT2D eigenvalue weighted by Gasteiger charge is 2.13. The summed E-state index contributed by atoms with van der Waals surface area (Å²) in [5.41, 5.74) is 1.39. The van der Waals surface area contributed by atoms with Gasteiger partial charge in [-0.3, -0.25) is 0 Å². The summed E-state index contributed by atoms with van der Waals surface area (Å²) < 4.78 is 5.23. The fourth-order valence-corrected chi connectivity index (χ4v) is 2.23. The van der Waals surface area contributed by atoms with E-state index in [1.54, 1.807) is 7.11 Å². The van der Waals surface area contributed by atoms with Gasteiger partial charge in [-0.15, -0.1) is 0 Å². The molecule has 0 saturated carbocycles. The molecule has 1 aliphatic rings. The zero-order chi connectivity index (χ0) is 10.5. The van der Waals surface area contributed by atoms with E-state index in [9.17, 15) is 0 Å². The molecule has 1 N–H and O–H groups in total. The molecule has 0 aromatic heterocycles. The molecule has 1 saturated heterocycles. The molecule has 2 rings (SSSR count).